The lowest BCUT2D eigenvalue weighted by Gasteiger charge is -2.40. The van der Waals surface area contributed by atoms with Gasteiger partial charge in [0.05, 0.1) is 42.6 Å². The van der Waals surface area contributed by atoms with E-state index in [1.165, 1.54) is 6.92 Å². The van der Waals surface area contributed by atoms with E-state index in [0.29, 0.717) is 89.6 Å². The number of fused-ring (bicyclic) bond motifs is 1. The summed E-state index contributed by atoms with van der Waals surface area (Å²) in [6.07, 6.45) is -0.0543. The first kappa shape index (κ1) is 57.4. The Bertz CT molecular complexity index is 2450. The number of ketones is 2. The third-order valence-electron chi connectivity index (χ3n) is 13.7. The van der Waals surface area contributed by atoms with Crippen LogP contribution in [0.1, 0.15) is 135 Å². The zero-order valence-corrected chi connectivity index (χ0v) is 45.4. The number of rotatable bonds is 26. The fraction of sp³-hybridized carbons (Fsp3) is 0.615. The second-order valence-corrected chi connectivity index (χ2v) is 20.4. The molecule has 0 radical (unpaired) electrons. The first-order valence-corrected chi connectivity index (χ1v) is 25.9. The van der Waals surface area contributed by atoms with Gasteiger partial charge in [-0.2, -0.15) is 4.37 Å². The number of hydrogen-bond donors (Lipinski definition) is 4. The molecule has 0 spiro atoms. The number of benzene rings is 1. The first-order valence-electron chi connectivity index (χ1n) is 25.1. The van der Waals surface area contributed by atoms with Crippen molar-refractivity contribution in [1.82, 2.24) is 28.8 Å². The Hall–Kier alpha value is -5.54. The van der Waals surface area contributed by atoms with E-state index < -0.39 is 40.6 Å². The molecule has 2 aromatic heterocycles. The van der Waals surface area contributed by atoms with Crippen molar-refractivity contribution in [2.45, 2.75) is 145 Å². The van der Waals surface area contributed by atoms with Crippen LogP contribution in [0.5, 0.6) is 5.88 Å². The van der Waals surface area contributed by atoms with E-state index >= 15 is 0 Å². The lowest BCUT2D eigenvalue weighted by molar-refractivity contribution is -0.178. The minimum atomic E-state index is -1.42. The smallest absolute Gasteiger partial charge is 0.270 e. The number of morpholine rings is 1. The van der Waals surface area contributed by atoms with Crippen molar-refractivity contribution >= 4 is 75.8 Å². The summed E-state index contributed by atoms with van der Waals surface area (Å²) in [5.74, 6) is -0.960. The van der Waals surface area contributed by atoms with Gasteiger partial charge in [-0.1, -0.05) is 27.7 Å². The fourth-order valence-corrected chi connectivity index (χ4v) is 9.52. The molecule has 72 heavy (non-hydrogen) atoms. The van der Waals surface area contributed by atoms with E-state index in [0.717, 1.165) is 31.4 Å². The SMILES string of the molecule is CCN(CC)CCNC(=O)c1c(C)[nH]c(/C=C2\C(=O)Nc3ccc(NC(=O)CCC(=O)C(C)(CC)OC(C)C(=O)C(C)(CC)O[C@H](COc4nsnc4N4CCOCC4)CN(C(C)=O)C(C)(C)C)cc32)c1C. The lowest BCUT2D eigenvalue weighted by Crippen LogP contribution is -2.55. The van der Waals surface area contributed by atoms with Gasteiger partial charge in [0.2, 0.25) is 17.6 Å². The van der Waals surface area contributed by atoms with Gasteiger partial charge in [0.15, 0.2) is 11.6 Å². The van der Waals surface area contributed by atoms with Crippen LogP contribution < -0.4 is 25.6 Å². The summed E-state index contributed by atoms with van der Waals surface area (Å²) in [6.45, 7) is 29.0. The van der Waals surface area contributed by atoms with Gasteiger partial charge in [0.25, 0.3) is 17.7 Å². The van der Waals surface area contributed by atoms with Crippen LogP contribution in [-0.2, 0) is 38.2 Å². The van der Waals surface area contributed by atoms with Gasteiger partial charge in [-0.05, 0) is 111 Å². The van der Waals surface area contributed by atoms with Gasteiger partial charge in [-0.15, -0.1) is 4.37 Å². The van der Waals surface area contributed by atoms with Crippen LogP contribution in [0.4, 0.5) is 17.2 Å². The molecule has 4 N–H and O–H groups in total. The van der Waals surface area contributed by atoms with E-state index in [-0.39, 0.29) is 62.3 Å². The molecule has 4 atom stereocenters. The summed E-state index contributed by atoms with van der Waals surface area (Å²) < 4.78 is 33.6. The average molecular weight is 1020 g/mol. The fourth-order valence-electron chi connectivity index (χ4n) is 9.00. The largest absolute Gasteiger partial charge is 0.472 e. The number of carbonyl (C=O) groups excluding carboxylic acids is 6. The molecule has 3 aromatic rings. The van der Waals surface area contributed by atoms with E-state index in [2.05, 4.69) is 48.4 Å². The molecular weight excluding hydrogens is 943 g/mol. The van der Waals surface area contributed by atoms with Crippen LogP contribution in [0.3, 0.4) is 0 Å². The van der Waals surface area contributed by atoms with Gasteiger partial charge in [-0.3, -0.25) is 28.8 Å². The number of nitrogens with zero attached hydrogens (tertiary/aromatic N) is 5. The number of carbonyl (C=O) groups is 6. The highest BCUT2D eigenvalue weighted by molar-refractivity contribution is 6.99. The minimum Gasteiger partial charge on any atom is -0.472 e. The van der Waals surface area contributed by atoms with Crippen molar-refractivity contribution in [2.75, 3.05) is 81.2 Å². The summed E-state index contributed by atoms with van der Waals surface area (Å²) in [5.41, 5.74) is 1.03. The summed E-state index contributed by atoms with van der Waals surface area (Å²) in [5, 5.41) is 8.75. The number of hydrogen-bond acceptors (Lipinski definition) is 15. The number of aromatic nitrogens is 3. The molecule has 0 saturated carbocycles. The van der Waals surface area contributed by atoms with E-state index in [9.17, 15) is 28.8 Å². The molecule has 1 saturated heterocycles. The summed E-state index contributed by atoms with van der Waals surface area (Å²) in [6, 6.07) is 5.06. The van der Waals surface area contributed by atoms with Gasteiger partial charge < -0.3 is 54.6 Å². The molecule has 0 bridgehead atoms. The average Bonchev–Trinajstić information content (AvgIpc) is 4.03. The van der Waals surface area contributed by atoms with Crippen LogP contribution in [0, 0.1) is 13.8 Å². The van der Waals surface area contributed by atoms with Crippen molar-refractivity contribution < 1.29 is 47.7 Å². The van der Waals surface area contributed by atoms with Crippen molar-refractivity contribution in [2.24, 2.45) is 0 Å². The predicted molar refractivity (Wildman–Crippen MR) is 280 cm³/mol. The maximum Gasteiger partial charge on any atom is 0.270 e. The monoisotopic (exact) mass is 1020 g/mol. The molecule has 5 rings (SSSR count). The Morgan fingerprint density at radius 1 is 0.958 bits per heavy atom. The third kappa shape index (κ3) is 14.1. The molecule has 2 aliphatic heterocycles. The Balaban J connectivity index is 1.23. The number of ether oxygens (including phenoxy) is 4. The zero-order chi connectivity index (χ0) is 53.1. The summed E-state index contributed by atoms with van der Waals surface area (Å²) in [4.78, 5) is 90.4. The predicted octanol–water partition coefficient (Wildman–Crippen LogP) is 6.59. The van der Waals surface area contributed by atoms with E-state index in [1.54, 1.807) is 56.9 Å². The van der Waals surface area contributed by atoms with E-state index in [4.69, 9.17) is 18.9 Å². The molecule has 4 heterocycles. The summed E-state index contributed by atoms with van der Waals surface area (Å²) >= 11 is 1.03. The number of nitrogens with one attached hydrogen (secondary N) is 4. The van der Waals surface area contributed by atoms with Crippen molar-refractivity contribution in [1.29, 1.82) is 0 Å². The quantitative estimate of drug-likeness (QED) is 0.0623. The topological polar surface area (TPSA) is 227 Å². The zero-order valence-electron chi connectivity index (χ0n) is 44.6. The Morgan fingerprint density at radius 3 is 2.26 bits per heavy atom. The molecule has 20 heteroatoms. The van der Waals surface area contributed by atoms with Gasteiger partial charge in [-0.25, -0.2) is 0 Å². The molecular formula is C52H77N9O10S. The number of Topliss-reactive ketones (excluding diaryl/α,β-unsaturated/α-hetero) is 2. The number of aryl methyl sites for hydroxylation is 1. The molecule has 4 amide bonds. The van der Waals surface area contributed by atoms with Gasteiger partial charge in [0.1, 0.15) is 30.0 Å². The highest BCUT2D eigenvalue weighted by Gasteiger charge is 2.44. The first-order chi connectivity index (χ1) is 34.0. The van der Waals surface area contributed by atoms with Crippen molar-refractivity contribution in [3.63, 3.8) is 0 Å². The molecule has 1 aromatic carbocycles. The third-order valence-corrected chi connectivity index (χ3v) is 14.2. The second kappa shape index (κ2) is 24.9. The molecule has 0 aliphatic carbocycles. The Kier molecular flexibility index (Phi) is 19.9. The minimum absolute atomic E-state index is 0.0425. The number of likely N-dealkylation sites (N-methyl/N-ethyl adjacent to an activating group) is 1. The summed E-state index contributed by atoms with van der Waals surface area (Å²) in [7, 11) is 0. The Labute approximate surface area is 428 Å². The van der Waals surface area contributed by atoms with E-state index in [1.807, 2.05) is 46.4 Å². The standard InChI is InChI=1S/C52H77N9O10S/c1-14-51(12,70-34(7)45(65)52(13,15-2)71-37(30-61(35(8)62)50(9,10)11)31-69-49-46(57-72-58-49)60-24-26-68-27-25-60)42(63)20-21-43(64)55-36-18-19-40-38(28-36)39(47(66)56-40)29-41-32(5)44(33(6)54-41)48(67)53-22-23-59(16-3)17-4/h18-19,28-29,34,37,54H,14-17,20-27,30-31H2,1-13H3,(H,53,67)(H,55,64)(H,56,66)/b39-29-/t34?,37-,51?,52?/m0/s1. The van der Waals surface area contributed by atoms with Crippen LogP contribution in [0.25, 0.3) is 11.6 Å². The number of amides is 4. The normalized spacial score (nSPS) is 16.9. The Morgan fingerprint density at radius 2 is 1.64 bits per heavy atom. The van der Waals surface area contributed by atoms with Crippen molar-refractivity contribution in [3.8, 4) is 5.88 Å². The molecule has 2 aliphatic rings. The van der Waals surface area contributed by atoms with Gasteiger partial charge >= 0.3 is 0 Å². The van der Waals surface area contributed by atoms with Crippen LogP contribution in [0.2, 0.25) is 0 Å². The molecule has 3 unspecified atom stereocenters. The highest BCUT2D eigenvalue weighted by Crippen LogP contribution is 2.36. The van der Waals surface area contributed by atoms with Gasteiger partial charge in [0, 0.05) is 79.8 Å². The lowest BCUT2D eigenvalue weighted by atomic mass is 9.90. The second-order valence-electron chi connectivity index (χ2n) is 19.8. The van der Waals surface area contributed by atoms with Crippen molar-refractivity contribution in [3.05, 3.63) is 46.3 Å². The number of aromatic amines is 1. The van der Waals surface area contributed by atoms with Crippen LogP contribution in [-0.4, -0.2) is 153 Å². The maximum absolute atomic E-state index is 14.4. The number of H-pyrrole nitrogens is 1. The van der Waals surface area contributed by atoms with Crippen LogP contribution >= 0.6 is 11.7 Å². The molecule has 1 fully saturated rings. The number of anilines is 3. The maximum atomic E-state index is 14.4. The van der Waals surface area contributed by atoms with Crippen LogP contribution in [0.15, 0.2) is 18.2 Å². The molecule has 19 nitrogen and oxygen atoms in total. The highest BCUT2D eigenvalue weighted by atomic mass is 32.1. The molecule has 396 valence electrons.